The van der Waals surface area contributed by atoms with Gasteiger partial charge in [-0.15, -0.1) is 0 Å². The normalized spacial score (nSPS) is 11.3. The molecule has 0 saturated carbocycles. The van der Waals surface area contributed by atoms with Gasteiger partial charge in [0.2, 0.25) is 10.0 Å². The third-order valence-corrected chi connectivity index (χ3v) is 5.84. The van der Waals surface area contributed by atoms with E-state index in [1.807, 2.05) is 31.2 Å². The van der Waals surface area contributed by atoms with Crippen molar-refractivity contribution in [1.29, 1.82) is 0 Å². The first-order valence-electron chi connectivity index (χ1n) is 9.69. The first-order chi connectivity index (χ1) is 14.4. The Balaban J connectivity index is 2.01. The van der Waals surface area contributed by atoms with Crippen molar-refractivity contribution in [3.63, 3.8) is 0 Å². The van der Waals surface area contributed by atoms with Crippen LogP contribution < -0.4 is 14.8 Å². The number of carboxylic acids is 1. The molecular formula is C21H28N2O6S. The molecule has 0 radical (unpaired) electrons. The van der Waals surface area contributed by atoms with Crippen molar-refractivity contribution in [1.82, 2.24) is 4.72 Å². The zero-order valence-corrected chi connectivity index (χ0v) is 18.0. The van der Waals surface area contributed by atoms with Gasteiger partial charge in [0.1, 0.15) is 5.75 Å². The van der Waals surface area contributed by atoms with Crippen LogP contribution in [0.5, 0.6) is 5.75 Å². The molecule has 0 aliphatic rings. The quantitative estimate of drug-likeness (QED) is 0.414. The van der Waals surface area contributed by atoms with Crippen molar-refractivity contribution in [3.05, 3.63) is 53.6 Å². The first-order valence-corrected chi connectivity index (χ1v) is 11.2. The van der Waals surface area contributed by atoms with Gasteiger partial charge in [0, 0.05) is 32.0 Å². The van der Waals surface area contributed by atoms with E-state index in [9.17, 15) is 18.3 Å². The second-order valence-electron chi connectivity index (χ2n) is 6.49. The van der Waals surface area contributed by atoms with Crippen molar-refractivity contribution in [2.24, 2.45) is 0 Å². The summed E-state index contributed by atoms with van der Waals surface area (Å²) in [5, 5.41) is 12.5. The van der Waals surface area contributed by atoms with Gasteiger partial charge in [-0.05, 0) is 55.7 Å². The third-order valence-electron chi connectivity index (χ3n) is 4.38. The molecule has 0 bridgehead atoms. The van der Waals surface area contributed by atoms with Gasteiger partial charge in [-0.25, -0.2) is 17.9 Å². The SMILES string of the molecule is CCOCCCNc1ccc(S(=O)(=O)NCCc2ccc(OC)cc2)cc1C(=O)O. The van der Waals surface area contributed by atoms with E-state index in [0.29, 0.717) is 38.3 Å². The number of rotatable bonds is 13. The minimum atomic E-state index is -3.83. The minimum absolute atomic E-state index is 0.0884. The number of benzene rings is 2. The molecule has 0 saturated heterocycles. The summed E-state index contributed by atoms with van der Waals surface area (Å²) >= 11 is 0. The average molecular weight is 437 g/mol. The molecule has 9 heteroatoms. The Morgan fingerprint density at radius 2 is 1.83 bits per heavy atom. The van der Waals surface area contributed by atoms with E-state index < -0.39 is 16.0 Å². The topological polar surface area (TPSA) is 114 Å². The molecule has 0 atom stereocenters. The van der Waals surface area contributed by atoms with Gasteiger partial charge < -0.3 is 19.9 Å². The number of hydrogen-bond acceptors (Lipinski definition) is 6. The van der Waals surface area contributed by atoms with E-state index in [-0.39, 0.29) is 17.0 Å². The van der Waals surface area contributed by atoms with Crippen molar-refractivity contribution in [2.75, 3.05) is 38.7 Å². The Labute approximate surface area is 177 Å². The van der Waals surface area contributed by atoms with Gasteiger partial charge in [-0.3, -0.25) is 0 Å². The molecule has 164 valence electrons. The Morgan fingerprint density at radius 3 is 2.47 bits per heavy atom. The number of sulfonamides is 1. The number of aromatic carboxylic acids is 1. The number of anilines is 1. The summed E-state index contributed by atoms with van der Waals surface area (Å²) in [6.07, 6.45) is 1.20. The predicted octanol–water partition coefficient (Wildman–Crippen LogP) is 2.75. The summed E-state index contributed by atoms with van der Waals surface area (Å²) < 4.78 is 38.0. The molecule has 2 aromatic rings. The monoisotopic (exact) mass is 436 g/mol. The maximum Gasteiger partial charge on any atom is 0.337 e. The number of carbonyl (C=O) groups is 1. The molecule has 2 rings (SSSR count). The second kappa shape index (κ2) is 11.5. The molecule has 0 heterocycles. The zero-order chi connectivity index (χ0) is 22.0. The van der Waals surface area contributed by atoms with Crippen molar-refractivity contribution < 1.29 is 27.8 Å². The number of methoxy groups -OCH3 is 1. The number of ether oxygens (including phenoxy) is 2. The van der Waals surface area contributed by atoms with Crippen molar-refractivity contribution in [3.8, 4) is 5.75 Å². The molecule has 0 aliphatic carbocycles. The highest BCUT2D eigenvalue weighted by atomic mass is 32.2. The van der Waals surface area contributed by atoms with Crippen LogP contribution in [-0.4, -0.2) is 52.9 Å². The molecular weight excluding hydrogens is 408 g/mol. The number of carboxylic acid groups (broad SMARTS) is 1. The van der Waals surface area contributed by atoms with Crippen LogP contribution in [0.3, 0.4) is 0 Å². The highest BCUT2D eigenvalue weighted by molar-refractivity contribution is 7.89. The van der Waals surface area contributed by atoms with Gasteiger partial charge in [0.15, 0.2) is 0 Å². The summed E-state index contributed by atoms with van der Waals surface area (Å²) in [6, 6.07) is 11.4. The second-order valence-corrected chi connectivity index (χ2v) is 8.25. The Bertz CT molecular complexity index is 929. The van der Waals surface area contributed by atoms with Crippen molar-refractivity contribution >= 4 is 21.7 Å². The van der Waals surface area contributed by atoms with E-state index in [1.165, 1.54) is 18.2 Å². The molecule has 2 aromatic carbocycles. The van der Waals surface area contributed by atoms with E-state index in [2.05, 4.69) is 10.0 Å². The molecule has 0 unspecified atom stereocenters. The van der Waals surface area contributed by atoms with Crippen LogP contribution in [0.2, 0.25) is 0 Å². The van der Waals surface area contributed by atoms with E-state index in [4.69, 9.17) is 9.47 Å². The van der Waals surface area contributed by atoms with Gasteiger partial charge in [-0.2, -0.15) is 0 Å². The Hall–Kier alpha value is -2.62. The maximum absolute atomic E-state index is 12.6. The molecule has 0 fully saturated rings. The summed E-state index contributed by atoms with van der Waals surface area (Å²) in [7, 11) is -2.25. The lowest BCUT2D eigenvalue weighted by Crippen LogP contribution is -2.26. The standard InChI is InChI=1S/C21H28N2O6S/c1-3-29-14-4-12-22-20-10-9-18(15-19(20)21(24)25)30(26,27)23-13-11-16-5-7-17(28-2)8-6-16/h5-10,15,22-23H,3-4,11-14H2,1-2H3,(H,24,25). The van der Waals surface area contributed by atoms with Crippen LogP contribution in [0.1, 0.15) is 29.3 Å². The summed E-state index contributed by atoms with van der Waals surface area (Å²) in [5.74, 6) is -0.468. The van der Waals surface area contributed by atoms with Crippen LogP contribution in [0.25, 0.3) is 0 Å². The molecule has 0 spiro atoms. The summed E-state index contributed by atoms with van der Waals surface area (Å²) in [6.45, 7) is 3.80. The highest BCUT2D eigenvalue weighted by Crippen LogP contribution is 2.21. The first kappa shape index (κ1) is 23.7. The van der Waals surface area contributed by atoms with Gasteiger partial charge in [0.05, 0.1) is 17.6 Å². The van der Waals surface area contributed by atoms with Gasteiger partial charge in [0.25, 0.3) is 0 Å². The molecule has 0 amide bonds. The van der Waals surface area contributed by atoms with E-state index in [1.54, 1.807) is 7.11 Å². The molecule has 8 nitrogen and oxygen atoms in total. The molecule has 0 aromatic heterocycles. The smallest absolute Gasteiger partial charge is 0.337 e. The fraction of sp³-hybridized carbons (Fsp3) is 0.381. The van der Waals surface area contributed by atoms with Crippen LogP contribution in [-0.2, 0) is 21.2 Å². The van der Waals surface area contributed by atoms with Crippen molar-refractivity contribution in [2.45, 2.75) is 24.7 Å². The fourth-order valence-electron chi connectivity index (χ4n) is 2.77. The molecule has 0 aliphatic heterocycles. The Morgan fingerprint density at radius 1 is 1.10 bits per heavy atom. The maximum atomic E-state index is 12.6. The zero-order valence-electron chi connectivity index (χ0n) is 17.2. The van der Waals surface area contributed by atoms with Gasteiger partial charge >= 0.3 is 5.97 Å². The predicted molar refractivity (Wildman–Crippen MR) is 115 cm³/mol. The lowest BCUT2D eigenvalue weighted by atomic mass is 10.1. The van der Waals surface area contributed by atoms with E-state index in [0.717, 1.165) is 11.3 Å². The van der Waals surface area contributed by atoms with Gasteiger partial charge in [-0.1, -0.05) is 12.1 Å². The number of hydrogen-bond donors (Lipinski definition) is 3. The van der Waals surface area contributed by atoms with E-state index >= 15 is 0 Å². The lowest BCUT2D eigenvalue weighted by molar-refractivity contribution is 0.0697. The average Bonchev–Trinajstić information content (AvgIpc) is 2.74. The minimum Gasteiger partial charge on any atom is -0.497 e. The third kappa shape index (κ3) is 7.01. The lowest BCUT2D eigenvalue weighted by Gasteiger charge is -2.12. The fourth-order valence-corrected chi connectivity index (χ4v) is 3.83. The van der Waals surface area contributed by atoms with Crippen LogP contribution in [0, 0.1) is 0 Å². The largest absolute Gasteiger partial charge is 0.497 e. The van der Waals surface area contributed by atoms with Crippen LogP contribution >= 0.6 is 0 Å². The number of nitrogens with one attached hydrogen (secondary N) is 2. The molecule has 30 heavy (non-hydrogen) atoms. The van der Waals surface area contributed by atoms with Crippen LogP contribution in [0.15, 0.2) is 47.4 Å². The summed E-state index contributed by atoms with van der Waals surface area (Å²) in [4.78, 5) is 11.5. The van der Waals surface area contributed by atoms with Crippen LogP contribution in [0.4, 0.5) is 5.69 Å². The summed E-state index contributed by atoms with van der Waals surface area (Å²) in [5.41, 5.74) is 1.23. The Kier molecular flexibility index (Phi) is 9.10. The molecule has 3 N–H and O–H groups in total. The highest BCUT2D eigenvalue weighted by Gasteiger charge is 2.18.